The lowest BCUT2D eigenvalue weighted by Crippen LogP contribution is -2.32. The minimum atomic E-state index is -0.484. The number of esters is 1. The number of nitrogens with zero attached hydrogens (tertiary/aromatic N) is 4. The Labute approximate surface area is 149 Å². The first-order valence-corrected chi connectivity index (χ1v) is 9.11. The average Bonchev–Trinajstić information content (AvgIpc) is 3.20. The fourth-order valence-electron chi connectivity index (χ4n) is 2.67. The predicted octanol–water partition coefficient (Wildman–Crippen LogP) is 3.01. The summed E-state index contributed by atoms with van der Waals surface area (Å²) in [5.41, 5.74) is 0.815. The highest BCUT2D eigenvalue weighted by Gasteiger charge is 2.17. The lowest BCUT2D eigenvalue weighted by Gasteiger charge is -2.26. The Hall–Kier alpha value is -1.64. The van der Waals surface area contributed by atoms with E-state index in [1.807, 2.05) is 10.9 Å². The zero-order valence-corrected chi connectivity index (χ0v) is 15.1. The highest BCUT2D eigenvalue weighted by molar-refractivity contribution is 7.18. The second-order valence-electron chi connectivity index (χ2n) is 5.65. The number of nitrogens with one attached hydrogen (secondary N) is 1. The van der Waals surface area contributed by atoms with Crippen molar-refractivity contribution in [1.82, 2.24) is 19.7 Å². The molecule has 0 bridgehead atoms. The monoisotopic (exact) mass is 369 g/mol. The fourth-order valence-corrected chi connectivity index (χ4v) is 3.80. The molecule has 7 nitrogen and oxygen atoms in total. The highest BCUT2D eigenvalue weighted by atomic mass is 35.5. The van der Waals surface area contributed by atoms with Crippen LogP contribution < -0.4 is 5.32 Å². The molecule has 1 fully saturated rings. The van der Waals surface area contributed by atoms with Gasteiger partial charge in [0.1, 0.15) is 0 Å². The van der Waals surface area contributed by atoms with Crippen LogP contribution in [0, 0.1) is 0 Å². The van der Waals surface area contributed by atoms with E-state index in [9.17, 15) is 4.79 Å². The number of methoxy groups -OCH3 is 1. The number of ether oxygens (including phenoxy) is 1. The molecule has 0 atom stereocenters. The molecule has 2 aromatic heterocycles. The Morgan fingerprint density at radius 1 is 1.38 bits per heavy atom. The topological polar surface area (TPSA) is 72.3 Å². The molecule has 0 aliphatic carbocycles. The molecule has 0 spiro atoms. The van der Waals surface area contributed by atoms with Crippen LogP contribution in [0.25, 0.3) is 0 Å². The van der Waals surface area contributed by atoms with Crippen molar-refractivity contribution in [2.75, 3.05) is 32.1 Å². The van der Waals surface area contributed by atoms with Gasteiger partial charge < -0.3 is 15.0 Å². The molecule has 0 aromatic carbocycles. The van der Waals surface area contributed by atoms with Crippen molar-refractivity contribution < 1.29 is 9.53 Å². The number of carbonyl (C=O) groups excluding carboxylic acids is 1. The maximum Gasteiger partial charge on any atom is 0.351 e. The molecule has 3 heterocycles. The van der Waals surface area contributed by atoms with Gasteiger partial charge in [-0.3, -0.25) is 4.68 Å². The third-order valence-corrected chi connectivity index (χ3v) is 5.27. The summed E-state index contributed by atoms with van der Waals surface area (Å²) in [7, 11) is 1.32. The number of rotatable bonds is 6. The van der Waals surface area contributed by atoms with Crippen LogP contribution in [0.4, 0.5) is 10.8 Å². The van der Waals surface area contributed by atoms with E-state index in [0.717, 1.165) is 30.1 Å². The Bertz CT molecular complexity index is 696. The lowest BCUT2D eigenvalue weighted by molar-refractivity contribution is 0.0606. The summed E-state index contributed by atoms with van der Waals surface area (Å²) in [6, 6.07) is 0. The lowest BCUT2D eigenvalue weighted by atomic mass is 10.1. The van der Waals surface area contributed by atoms with Crippen LogP contribution >= 0.6 is 22.9 Å². The standard InChI is InChI=1S/C15H20ClN5O2S/c1-23-14(22)12-13(16)19-15(24-12)18-11-9-17-21(10-11)8-7-20-5-3-2-4-6-20/h9-10H,2-8H2,1H3,(H,18,19). The quantitative estimate of drug-likeness (QED) is 0.789. The Morgan fingerprint density at radius 2 is 2.17 bits per heavy atom. The van der Waals surface area contributed by atoms with E-state index in [4.69, 9.17) is 11.6 Å². The summed E-state index contributed by atoms with van der Waals surface area (Å²) in [6.45, 7) is 4.23. The summed E-state index contributed by atoms with van der Waals surface area (Å²) in [4.78, 5) is 18.4. The van der Waals surface area contributed by atoms with Gasteiger partial charge in [0.15, 0.2) is 15.2 Å². The molecular formula is C15H20ClN5O2S. The molecule has 3 rings (SSSR count). The average molecular weight is 370 g/mol. The fraction of sp³-hybridized carbons (Fsp3) is 0.533. The number of halogens is 1. The van der Waals surface area contributed by atoms with Gasteiger partial charge in [0, 0.05) is 12.7 Å². The van der Waals surface area contributed by atoms with Gasteiger partial charge >= 0.3 is 5.97 Å². The van der Waals surface area contributed by atoms with E-state index in [1.54, 1.807) is 6.20 Å². The van der Waals surface area contributed by atoms with E-state index < -0.39 is 5.97 Å². The molecule has 130 valence electrons. The number of piperidine rings is 1. The number of carbonyl (C=O) groups is 1. The van der Waals surface area contributed by atoms with Crippen molar-refractivity contribution in [3.05, 3.63) is 22.4 Å². The minimum Gasteiger partial charge on any atom is -0.465 e. The number of aromatic nitrogens is 3. The zero-order valence-electron chi connectivity index (χ0n) is 13.5. The van der Waals surface area contributed by atoms with Crippen molar-refractivity contribution in [2.24, 2.45) is 0 Å². The van der Waals surface area contributed by atoms with Gasteiger partial charge in [0.25, 0.3) is 0 Å². The van der Waals surface area contributed by atoms with Crippen LogP contribution in [0.3, 0.4) is 0 Å². The van der Waals surface area contributed by atoms with Crippen LogP contribution in [0.2, 0.25) is 5.15 Å². The van der Waals surface area contributed by atoms with Gasteiger partial charge in [-0.1, -0.05) is 29.4 Å². The van der Waals surface area contributed by atoms with E-state index >= 15 is 0 Å². The van der Waals surface area contributed by atoms with Crippen LogP contribution in [-0.2, 0) is 11.3 Å². The van der Waals surface area contributed by atoms with E-state index in [-0.39, 0.29) is 5.15 Å². The van der Waals surface area contributed by atoms with Crippen LogP contribution in [-0.4, -0.2) is 52.4 Å². The molecule has 0 radical (unpaired) electrons. The number of thiazole rings is 1. The van der Waals surface area contributed by atoms with Crippen molar-refractivity contribution in [2.45, 2.75) is 25.8 Å². The summed E-state index contributed by atoms with van der Waals surface area (Å²) in [6.07, 6.45) is 7.59. The highest BCUT2D eigenvalue weighted by Crippen LogP contribution is 2.29. The molecule has 1 aliphatic rings. The summed E-state index contributed by atoms with van der Waals surface area (Å²) in [5, 5.41) is 8.16. The first kappa shape index (κ1) is 17.2. The van der Waals surface area contributed by atoms with E-state index in [2.05, 4.69) is 25.0 Å². The zero-order chi connectivity index (χ0) is 16.9. The van der Waals surface area contributed by atoms with E-state index in [0.29, 0.717) is 10.0 Å². The van der Waals surface area contributed by atoms with Crippen molar-refractivity contribution in [3.8, 4) is 0 Å². The summed E-state index contributed by atoms with van der Waals surface area (Å²) < 4.78 is 6.58. The molecule has 2 aromatic rings. The normalized spacial score (nSPS) is 15.4. The SMILES string of the molecule is COC(=O)c1sc(Nc2cnn(CCN3CCCCC3)c2)nc1Cl. The van der Waals surface area contributed by atoms with Crippen LogP contribution in [0.15, 0.2) is 12.4 Å². The number of hydrogen-bond acceptors (Lipinski definition) is 7. The molecule has 0 amide bonds. The van der Waals surface area contributed by atoms with Crippen LogP contribution in [0.5, 0.6) is 0 Å². The Kier molecular flexibility index (Phi) is 5.70. The van der Waals surface area contributed by atoms with Gasteiger partial charge in [-0.05, 0) is 25.9 Å². The first-order valence-electron chi connectivity index (χ1n) is 7.92. The molecular weight excluding hydrogens is 350 g/mol. The smallest absolute Gasteiger partial charge is 0.351 e. The maximum absolute atomic E-state index is 11.6. The van der Waals surface area contributed by atoms with Gasteiger partial charge in [-0.2, -0.15) is 5.10 Å². The van der Waals surface area contributed by atoms with Crippen molar-refractivity contribution >= 4 is 39.7 Å². The molecule has 24 heavy (non-hydrogen) atoms. The number of likely N-dealkylation sites (tertiary alicyclic amines) is 1. The maximum atomic E-state index is 11.6. The second kappa shape index (κ2) is 7.96. The summed E-state index contributed by atoms with van der Waals surface area (Å²) in [5.74, 6) is -0.484. The number of anilines is 2. The third kappa shape index (κ3) is 4.25. The number of hydrogen-bond donors (Lipinski definition) is 1. The van der Waals surface area contributed by atoms with Crippen molar-refractivity contribution in [3.63, 3.8) is 0 Å². The van der Waals surface area contributed by atoms with Gasteiger partial charge in [0.05, 0.1) is 25.5 Å². The molecule has 1 aliphatic heterocycles. The second-order valence-corrected chi connectivity index (χ2v) is 7.01. The first-order chi connectivity index (χ1) is 11.7. The molecule has 9 heteroatoms. The molecule has 1 N–H and O–H groups in total. The third-order valence-electron chi connectivity index (χ3n) is 3.94. The molecule has 0 unspecified atom stereocenters. The van der Waals surface area contributed by atoms with Gasteiger partial charge in [0.2, 0.25) is 0 Å². The minimum absolute atomic E-state index is 0.145. The van der Waals surface area contributed by atoms with Crippen LogP contribution in [0.1, 0.15) is 28.9 Å². The Balaban J connectivity index is 1.56. The summed E-state index contributed by atoms with van der Waals surface area (Å²) >= 11 is 7.12. The molecule has 1 saturated heterocycles. The predicted molar refractivity (Wildman–Crippen MR) is 94.3 cm³/mol. The molecule has 0 saturated carbocycles. The van der Waals surface area contributed by atoms with Gasteiger partial charge in [-0.15, -0.1) is 0 Å². The Morgan fingerprint density at radius 3 is 2.92 bits per heavy atom. The van der Waals surface area contributed by atoms with Gasteiger partial charge in [-0.25, -0.2) is 9.78 Å². The van der Waals surface area contributed by atoms with Crippen molar-refractivity contribution in [1.29, 1.82) is 0 Å². The largest absolute Gasteiger partial charge is 0.465 e. The van der Waals surface area contributed by atoms with E-state index in [1.165, 1.54) is 39.5 Å².